The fourth-order valence-corrected chi connectivity index (χ4v) is 3.09. The van der Waals surface area contributed by atoms with E-state index in [4.69, 9.17) is 0 Å². The molecule has 1 heterocycles. The van der Waals surface area contributed by atoms with Gasteiger partial charge < -0.3 is 0 Å². The molecular formula is C11H9BrS2. The lowest BCUT2D eigenvalue weighted by atomic mass is 10.2. The number of halogens is 1. The predicted molar refractivity (Wildman–Crippen MR) is 68.0 cm³/mol. The Morgan fingerprint density at radius 1 is 1.14 bits per heavy atom. The van der Waals surface area contributed by atoms with Crippen LogP contribution in [0.3, 0.4) is 0 Å². The molecule has 0 amide bonds. The van der Waals surface area contributed by atoms with Crippen LogP contribution in [-0.4, -0.2) is 0 Å². The molecule has 0 atom stereocenters. The molecule has 72 valence electrons. The summed E-state index contributed by atoms with van der Waals surface area (Å²) in [6, 6.07) is 12.7. The lowest BCUT2D eigenvalue weighted by Gasteiger charge is -1.99. The van der Waals surface area contributed by atoms with Crippen LogP contribution in [0.15, 0.2) is 50.5 Å². The van der Waals surface area contributed by atoms with Crippen LogP contribution >= 0.6 is 39.0 Å². The summed E-state index contributed by atoms with van der Waals surface area (Å²) < 4.78 is 2.52. The van der Waals surface area contributed by atoms with E-state index < -0.39 is 0 Å². The van der Waals surface area contributed by atoms with E-state index in [0.717, 1.165) is 10.2 Å². The molecule has 0 unspecified atom stereocenters. The minimum absolute atomic E-state index is 1.05. The molecule has 3 heteroatoms. The van der Waals surface area contributed by atoms with Gasteiger partial charge >= 0.3 is 0 Å². The highest BCUT2D eigenvalue weighted by atomic mass is 79.9. The van der Waals surface area contributed by atoms with Crippen LogP contribution in [0.1, 0.15) is 5.56 Å². The summed E-state index contributed by atoms with van der Waals surface area (Å²) in [5, 5.41) is 2.11. The Balaban J connectivity index is 1.95. The first kappa shape index (κ1) is 10.3. The van der Waals surface area contributed by atoms with Gasteiger partial charge in [0.25, 0.3) is 0 Å². The molecule has 1 aromatic heterocycles. The van der Waals surface area contributed by atoms with Crippen molar-refractivity contribution in [3.63, 3.8) is 0 Å². The van der Waals surface area contributed by atoms with Crippen LogP contribution in [-0.2, 0) is 5.75 Å². The molecule has 0 N–H and O–H groups in total. The number of hydrogen-bond donors (Lipinski definition) is 0. The zero-order valence-corrected chi connectivity index (χ0v) is 10.7. The molecule has 0 radical (unpaired) electrons. The fraction of sp³-hybridized carbons (Fsp3) is 0.0909. The van der Waals surface area contributed by atoms with Crippen molar-refractivity contribution in [1.82, 2.24) is 0 Å². The number of hydrogen-bond acceptors (Lipinski definition) is 2. The van der Waals surface area contributed by atoms with Gasteiger partial charge in [0.15, 0.2) is 0 Å². The minimum Gasteiger partial charge on any atom is -0.137 e. The molecule has 14 heavy (non-hydrogen) atoms. The molecule has 0 aliphatic rings. The predicted octanol–water partition coefficient (Wildman–Crippen LogP) is 4.80. The number of thiophene rings is 1. The number of benzene rings is 1. The Kier molecular flexibility index (Phi) is 3.67. The topological polar surface area (TPSA) is 0 Å². The quantitative estimate of drug-likeness (QED) is 0.730. The van der Waals surface area contributed by atoms with Crippen molar-refractivity contribution in [2.45, 2.75) is 9.96 Å². The van der Waals surface area contributed by atoms with Gasteiger partial charge in [0.1, 0.15) is 0 Å². The molecule has 0 bridgehead atoms. The second kappa shape index (κ2) is 5.01. The molecule has 0 aliphatic heterocycles. The van der Waals surface area contributed by atoms with Gasteiger partial charge in [-0.2, -0.15) is 0 Å². The summed E-state index contributed by atoms with van der Waals surface area (Å²) >= 11 is 7.12. The largest absolute Gasteiger partial charge is 0.137 e. The van der Waals surface area contributed by atoms with E-state index >= 15 is 0 Å². The number of rotatable bonds is 3. The fourth-order valence-electron chi connectivity index (χ4n) is 1.08. The lowest BCUT2D eigenvalue weighted by Crippen LogP contribution is -1.77. The van der Waals surface area contributed by atoms with Crippen LogP contribution in [0.4, 0.5) is 0 Å². The Morgan fingerprint density at radius 3 is 2.57 bits per heavy atom. The Bertz CT molecular complexity index is 378. The van der Waals surface area contributed by atoms with Crippen LogP contribution < -0.4 is 0 Å². The van der Waals surface area contributed by atoms with Gasteiger partial charge in [0, 0.05) is 10.2 Å². The van der Waals surface area contributed by atoms with Crippen LogP contribution in [0.5, 0.6) is 0 Å². The summed E-state index contributed by atoms with van der Waals surface area (Å²) in [6.07, 6.45) is 0. The van der Waals surface area contributed by atoms with Crippen molar-refractivity contribution in [3.8, 4) is 0 Å². The molecule has 0 saturated carbocycles. The van der Waals surface area contributed by atoms with Crippen molar-refractivity contribution in [2.75, 3.05) is 0 Å². The lowest BCUT2D eigenvalue weighted by molar-refractivity contribution is 1.40. The Labute approximate surface area is 100 Å². The first-order chi connectivity index (χ1) is 6.84. The molecule has 0 saturated heterocycles. The Hall–Kier alpha value is -0.250. The van der Waals surface area contributed by atoms with Crippen LogP contribution in [0.25, 0.3) is 0 Å². The molecule has 1 aromatic carbocycles. The van der Waals surface area contributed by atoms with Gasteiger partial charge in [0.05, 0.1) is 4.21 Å². The second-order valence-corrected chi connectivity index (χ2v) is 5.99. The van der Waals surface area contributed by atoms with Crippen molar-refractivity contribution in [3.05, 3.63) is 51.8 Å². The van der Waals surface area contributed by atoms with E-state index in [1.54, 1.807) is 11.3 Å². The van der Waals surface area contributed by atoms with Gasteiger partial charge in [-0.05, 0) is 29.1 Å². The highest BCUT2D eigenvalue weighted by Gasteiger charge is 1.96. The molecule has 0 spiro atoms. The zero-order valence-electron chi connectivity index (χ0n) is 7.44. The van der Waals surface area contributed by atoms with E-state index in [9.17, 15) is 0 Å². The second-order valence-electron chi connectivity index (χ2n) is 2.85. The maximum atomic E-state index is 3.43. The van der Waals surface area contributed by atoms with E-state index in [1.165, 1.54) is 9.77 Å². The van der Waals surface area contributed by atoms with E-state index in [2.05, 4.69) is 57.7 Å². The third-order valence-corrected chi connectivity index (χ3v) is 4.52. The monoisotopic (exact) mass is 284 g/mol. The summed E-state index contributed by atoms with van der Waals surface area (Å²) in [6.45, 7) is 0. The van der Waals surface area contributed by atoms with Crippen molar-refractivity contribution >= 4 is 39.0 Å². The molecular weight excluding hydrogens is 276 g/mol. The highest BCUT2D eigenvalue weighted by Crippen LogP contribution is 2.27. The van der Waals surface area contributed by atoms with Gasteiger partial charge in [-0.25, -0.2) is 0 Å². The summed E-state index contributed by atoms with van der Waals surface area (Å²) in [4.78, 5) is 0. The normalized spacial score (nSPS) is 10.4. The SMILES string of the molecule is Brc1ccc(CSc2cccs2)cc1. The standard InChI is InChI=1S/C11H9BrS2/c12-10-5-3-9(4-6-10)8-14-11-2-1-7-13-11/h1-7H,8H2. The average Bonchev–Trinajstić information content (AvgIpc) is 2.70. The molecule has 0 aliphatic carbocycles. The molecule has 0 fully saturated rings. The zero-order chi connectivity index (χ0) is 9.80. The highest BCUT2D eigenvalue weighted by molar-refractivity contribution is 9.10. The third-order valence-electron chi connectivity index (χ3n) is 1.79. The first-order valence-electron chi connectivity index (χ1n) is 4.25. The van der Waals surface area contributed by atoms with E-state index in [1.807, 2.05) is 11.8 Å². The summed E-state index contributed by atoms with van der Waals surface area (Å²) in [5.41, 5.74) is 1.37. The molecule has 2 rings (SSSR count). The van der Waals surface area contributed by atoms with Crippen LogP contribution in [0, 0.1) is 0 Å². The molecule has 2 aromatic rings. The van der Waals surface area contributed by atoms with E-state index in [-0.39, 0.29) is 0 Å². The smallest absolute Gasteiger partial charge is 0.0601 e. The van der Waals surface area contributed by atoms with E-state index in [0.29, 0.717) is 0 Å². The van der Waals surface area contributed by atoms with Crippen molar-refractivity contribution in [2.24, 2.45) is 0 Å². The third kappa shape index (κ3) is 2.87. The minimum atomic E-state index is 1.05. The van der Waals surface area contributed by atoms with Gasteiger partial charge in [-0.15, -0.1) is 23.1 Å². The Morgan fingerprint density at radius 2 is 1.93 bits per heavy atom. The summed E-state index contributed by atoms with van der Waals surface area (Å²) in [5.74, 6) is 1.05. The average molecular weight is 285 g/mol. The molecule has 0 nitrogen and oxygen atoms in total. The maximum absolute atomic E-state index is 3.43. The first-order valence-corrected chi connectivity index (χ1v) is 6.91. The van der Waals surface area contributed by atoms with Crippen molar-refractivity contribution in [1.29, 1.82) is 0 Å². The van der Waals surface area contributed by atoms with Gasteiger partial charge in [-0.1, -0.05) is 34.1 Å². The van der Waals surface area contributed by atoms with Gasteiger partial charge in [-0.3, -0.25) is 0 Å². The van der Waals surface area contributed by atoms with Crippen molar-refractivity contribution < 1.29 is 0 Å². The maximum Gasteiger partial charge on any atom is 0.0601 e. The number of thioether (sulfide) groups is 1. The summed E-state index contributed by atoms with van der Waals surface area (Å²) in [7, 11) is 0. The van der Waals surface area contributed by atoms with Gasteiger partial charge in [0.2, 0.25) is 0 Å². The van der Waals surface area contributed by atoms with Crippen LogP contribution in [0.2, 0.25) is 0 Å².